The summed E-state index contributed by atoms with van der Waals surface area (Å²) in [7, 11) is 0. The molecule has 0 saturated carbocycles. The van der Waals surface area contributed by atoms with E-state index in [9.17, 15) is 9.59 Å². The summed E-state index contributed by atoms with van der Waals surface area (Å²) in [6.45, 7) is 0. The van der Waals surface area contributed by atoms with Gasteiger partial charge in [0.15, 0.2) is 0 Å². The molecule has 98 valence electrons. The van der Waals surface area contributed by atoms with E-state index in [1.54, 1.807) is 24.3 Å². The maximum Gasteiger partial charge on any atom is 0.303 e. The predicted octanol–water partition coefficient (Wildman–Crippen LogP) is 1.94. The van der Waals surface area contributed by atoms with E-state index in [1.807, 2.05) is 6.07 Å². The molecule has 0 unspecified atom stereocenters. The molecule has 1 amide bonds. The number of nitrogens with zero attached hydrogens (tertiary/aromatic N) is 1. The molecule has 1 aromatic heterocycles. The Morgan fingerprint density at radius 1 is 1.26 bits per heavy atom. The number of aliphatic carboxylic acids is 1. The van der Waals surface area contributed by atoms with Crippen LogP contribution in [-0.4, -0.2) is 22.0 Å². The second kappa shape index (κ2) is 5.81. The molecule has 6 nitrogen and oxygen atoms in total. The van der Waals surface area contributed by atoms with Gasteiger partial charge in [-0.25, -0.2) is 0 Å². The normalized spacial score (nSPS) is 10.1. The molecule has 19 heavy (non-hydrogen) atoms. The third kappa shape index (κ3) is 3.67. The minimum absolute atomic E-state index is 0.0292. The number of benzene rings is 1. The number of aromatic nitrogens is 1. The number of carboxylic acids is 1. The monoisotopic (exact) mass is 260 g/mol. The number of anilines is 1. The second-order valence-corrected chi connectivity index (χ2v) is 3.86. The fourth-order valence-electron chi connectivity index (χ4n) is 1.47. The Morgan fingerprint density at radius 2 is 2.00 bits per heavy atom. The molecule has 2 rings (SSSR count). The van der Waals surface area contributed by atoms with Gasteiger partial charge in [-0.1, -0.05) is 18.2 Å². The maximum absolute atomic E-state index is 11.8. The van der Waals surface area contributed by atoms with Crippen LogP contribution in [0.15, 0.2) is 41.0 Å². The largest absolute Gasteiger partial charge is 0.481 e. The van der Waals surface area contributed by atoms with Gasteiger partial charge in [-0.05, 0) is 12.1 Å². The molecule has 0 radical (unpaired) electrons. The first-order chi connectivity index (χ1) is 9.15. The molecule has 0 atom stereocenters. The topological polar surface area (TPSA) is 92.4 Å². The van der Waals surface area contributed by atoms with E-state index in [4.69, 9.17) is 9.52 Å². The molecule has 1 heterocycles. The summed E-state index contributed by atoms with van der Waals surface area (Å²) in [6, 6.07) is 8.72. The van der Waals surface area contributed by atoms with Crippen LogP contribution >= 0.6 is 0 Å². The van der Waals surface area contributed by atoms with E-state index in [0.717, 1.165) is 0 Å². The molecule has 2 N–H and O–H groups in total. The molecular formula is C13H12N2O4. The predicted molar refractivity (Wildman–Crippen MR) is 66.9 cm³/mol. The number of aryl methyl sites for hydroxylation is 1. The number of rotatable bonds is 5. The Bertz CT molecular complexity index is 577. The lowest BCUT2D eigenvalue weighted by atomic mass is 10.2. The van der Waals surface area contributed by atoms with E-state index >= 15 is 0 Å². The first-order valence-electron chi connectivity index (χ1n) is 5.68. The summed E-state index contributed by atoms with van der Waals surface area (Å²) in [4.78, 5) is 26.2. The van der Waals surface area contributed by atoms with Crippen LogP contribution in [0.5, 0.6) is 0 Å². The number of carboxylic acid groups (broad SMARTS) is 1. The molecule has 1 aromatic carbocycles. The Hall–Kier alpha value is -2.63. The Balaban J connectivity index is 1.96. The SMILES string of the molecule is O=C(O)CCc1coc(NC(=O)c2ccccc2)n1. The minimum Gasteiger partial charge on any atom is -0.481 e. The van der Waals surface area contributed by atoms with Crippen molar-refractivity contribution >= 4 is 17.9 Å². The highest BCUT2D eigenvalue weighted by atomic mass is 16.4. The van der Waals surface area contributed by atoms with E-state index in [0.29, 0.717) is 11.3 Å². The molecule has 0 saturated heterocycles. The molecule has 0 aliphatic rings. The number of hydrogen-bond donors (Lipinski definition) is 2. The fourth-order valence-corrected chi connectivity index (χ4v) is 1.47. The minimum atomic E-state index is -0.905. The summed E-state index contributed by atoms with van der Waals surface area (Å²) >= 11 is 0. The number of oxazole rings is 1. The summed E-state index contributed by atoms with van der Waals surface area (Å²) in [5, 5.41) is 11.0. The highest BCUT2D eigenvalue weighted by Crippen LogP contribution is 2.11. The molecule has 0 fully saturated rings. The highest BCUT2D eigenvalue weighted by Gasteiger charge is 2.10. The van der Waals surface area contributed by atoms with Crippen molar-refractivity contribution in [1.29, 1.82) is 0 Å². The van der Waals surface area contributed by atoms with Crippen LogP contribution in [-0.2, 0) is 11.2 Å². The molecule has 0 aliphatic heterocycles. The van der Waals surface area contributed by atoms with Gasteiger partial charge in [-0.15, -0.1) is 0 Å². The molecule has 0 aliphatic carbocycles. The van der Waals surface area contributed by atoms with Crippen LogP contribution in [0.4, 0.5) is 6.01 Å². The van der Waals surface area contributed by atoms with Crippen molar-refractivity contribution in [3.63, 3.8) is 0 Å². The molecule has 0 bridgehead atoms. The van der Waals surface area contributed by atoms with Crippen LogP contribution in [0, 0.1) is 0 Å². The van der Waals surface area contributed by atoms with Crippen LogP contribution in [0.3, 0.4) is 0 Å². The summed E-state index contributed by atoms with van der Waals surface area (Å²) < 4.78 is 5.05. The second-order valence-electron chi connectivity index (χ2n) is 3.86. The number of hydrogen-bond acceptors (Lipinski definition) is 4. The van der Waals surface area contributed by atoms with Crippen LogP contribution in [0.2, 0.25) is 0 Å². The lowest BCUT2D eigenvalue weighted by Gasteiger charge is -1.99. The summed E-state index contributed by atoms with van der Waals surface area (Å²) in [5.74, 6) is -1.23. The lowest BCUT2D eigenvalue weighted by Crippen LogP contribution is -2.11. The van der Waals surface area contributed by atoms with Gasteiger partial charge in [-0.2, -0.15) is 4.98 Å². The molecular weight excluding hydrogens is 248 g/mol. The average molecular weight is 260 g/mol. The van der Waals surface area contributed by atoms with Gasteiger partial charge < -0.3 is 9.52 Å². The van der Waals surface area contributed by atoms with Crippen molar-refractivity contribution in [2.45, 2.75) is 12.8 Å². The lowest BCUT2D eigenvalue weighted by molar-refractivity contribution is -0.136. The Labute approximate surface area is 109 Å². The van der Waals surface area contributed by atoms with Gasteiger partial charge in [0.1, 0.15) is 6.26 Å². The van der Waals surface area contributed by atoms with Gasteiger partial charge in [0.05, 0.1) is 12.1 Å². The third-order valence-corrected chi connectivity index (χ3v) is 2.40. The van der Waals surface area contributed by atoms with E-state index in [-0.39, 0.29) is 24.8 Å². The standard InChI is InChI=1S/C13H12N2O4/c16-11(17)7-6-10-8-19-13(14-10)15-12(18)9-4-2-1-3-5-9/h1-5,8H,6-7H2,(H,16,17)(H,14,15,18). The van der Waals surface area contributed by atoms with Crippen LogP contribution in [0.1, 0.15) is 22.5 Å². The van der Waals surface area contributed by atoms with Gasteiger partial charge >= 0.3 is 12.0 Å². The maximum atomic E-state index is 11.8. The summed E-state index contributed by atoms with van der Waals surface area (Å²) in [6.07, 6.45) is 1.57. The quantitative estimate of drug-likeness (QED) is 0.857. The average Bonchev–Trinajstić information content (AvgIpc) is 2.85. The van der Waals surface area contributed by atoms with Crippen LogP contribution in [0.25, 0.3) is 0 Å². The zero-order valence-corrected chi connectivity index (χ0v) is 10.00. The molecule has 6 heteroatoms. The van der Waals surface area contributed by atoms with Crippen LogP contribution < -0.4 is 5.32 Å². The summed E-state index contributed by atoms with van der Waals surface area (Å²) in [5.41, 5.74) is 0.985. The van der Waals surface area contributed by atoms with Crippen molar-refractivity contribution in [3.05, 3.63) is 47.9 Å². The number of amides is 1. The van der Waals surface area contributed by atoms with Crippen molar-refractivity contribution in [2.75, 3.05) is 5.32 Å². The molecule has 2 aromatic rings. The fraction of sp³-hybridized carbons (Fsp3) is 0.154. The van der Waals surface area contributed by atoms with Crippen molar-refractivity contribution in [3.8, 4) is 0 Å². The first kappa shape index (κ1) is 12.8. The van der Waals surface area contributed by atoms with Gasteiger partial charge in [0, 0.05) is 12.0 Å². The Morgan fingerprint density at radius 3 is 2.68 bits per heavy atom. The zero-order chi connectivity index (χ0) is 13.7. The Kier molecular flexibility index (Phi) is 3.92. The smallest absolute Gasteiger partial charge is 0.303 e. The van der Waals surface area contributed by atoms with E-state index in [1.165, 1.54) is 6.26 Å². The van der Waals surface area contributed by atoms with Gasteiger partial charge in [-0.3, -0.25) is 14.9 Å². The first-order valence-corrected chi connectivity index (χ1v) is 5.68. The van der Waals surface area contributed by atoms with E-state index in [2.05, 4.69) is 10.3 Å². The van der Waals surface area contributed by atoms with E-state index < -0.39 is 5.97 Å². The number of carbonyl (C=O) groups is 2. The zero-order valence-electron chi connectivity index (χ0n) is 10.00. The number of nitrogens with one attached hydrogen (secondary N) is 1. The highest BCUT2D eigenvalue weighted by molar-refractivity contribution is 6.03. The number of carbonyl (C=O) groups excluding carboxylic acids is 1. The molecule has 0 spiro atoms. The van der Waals surface area contributed by atoms with Crippen molar-refractivity contribution in [2.24, 2.45) is 0 Å². The van der Waals surface area contributed by atoms with Gasteiger partial charge in [0.2, 0.25) is 0 Å². The van der Waals surface area contributed by atoms with Gasteiger partial charge in [0.25, 0.3) is 5.91 Å². The van der Waals surface area contributed by atoms with Crippen molar-refractivity contribution in [1.82, 2.24) is 4.98 Å². The van der Waals surface area contributed by atoms with Crippen molar-refractivity contribution < 1.29 is 19.1 Å². The third-order valence-electron chi connectivity index (χ3n) is 2.40.